The van der Waals surface area contributed by atoms with Gasteiger partial charge in [0.2, 0.25) is 11.8 Å². The smallest absolute Gasteiger partial charge is 0.260 e. The number of imide groups is 1. The van der Waals surface area contributed by atoms with Gasteiger partial charge in [-0.05, 0) is 134 Å². The minimum Gasteiger partial charge on any atom is -0.508 e. The summed E-state index contributed by atoms with van der Waals surface area (Å²) in [5.41, 5.74) is 5.47. The number of carbonyl (C=O) groups is 4. The summed E-state index contributed by atoms with van der Waals surface area (Å²) in [5, 5.41) is 22.5. The SMILES string of the molecule is CC1(Cc2ccc(OCCCCN3CCN(C(=O)COc4ccc5c(c4)CN(C4CCC(=O)NC4=O)C5=O)CC3)cc2)C(c2ccc(O)cc2)=Nc2ccc(O)cc21. The minimum absolute atomic E-state index is 0.0896. The molecule has 2 fully saturated rings. The summed E-state index contributed by atoms with van der Waals surface area (Å²) < 4.78 is 11.9. The van der Waals surface area contributed by atoms with Crippen LogP contribution in [0.25, 0.3) is 0 Å². The van der Waals surface area contributed by atoms with Crippen LogP contribution in [0.1, 0.15) is 65.2 Å². The molecule has 0 aromatic heterocycles. The Kier molecular flexibility index (Phi) is 10.9. The second-order valence-electron chi connectivity index (χ2n) is 15.6. The Morgan fingerprint density at radius 1 is 0.862 bits per heavy atom. The number of piperidine rings is 1. The lowest BCUT2D eigenvalue weighted by Crippen LogP contribution is -2.52. The number of rotatable bonds is 13. The van der Waals surface area contributed by atoms with E-state index in [1.54, 1.807) is 42.5 Å². The zero-order chi connectivity index (χ0) is 40.4. The largest absolute Gasteiger partial charge is 0.508 e. The number of unbranched alkanes of at least 4 members (excludes halogenated alkanes) is 1. The highest BCUT2D eigenvalue weighted by atomic mass is 16.5. The van der Waals surface area contributed by atoms with Gasteiger partial charge in [0.25, 0.3) is 11.8 Å². The fourth-order valence-electron chi connectivity index (χ4n) is 8.45. The zero-order valence-corrected chi connectivity index (χ0v) is 32.5. The van der Waals surface area contributed by atoms with Crippen molar-refractivity contribution < 1.29 is 38.9 Å². The highest BCUT2D eigenvalue weighted by Crippen LogP contribution is 2.46. The molecule has 2 saturated heterocycles. The summed E-state index contributed by atoms with van der Waals surface area (Å²) in [6.07, 6.45) is 3.04. The zero-order valence-electron chi connectivity index (χ0n) is 32.5. The van der Waals surface area contributed by atoms with Crippen molar-refractivity contribution in [1.82, 2.24) is 20.0 Å². The lowest BCUT2D eigenvalue weighted by molar-refractivity contribution is -0.137. The van der Waals surface area contributed by atoms with Gasteiger partial charge >= 0.3 is 0 Å². The van der Waals surface area contributed by atoms with E-state index < -0.39 is 17.4 Å². The van der Waals surface area contributed by atoms with Gasteiger partial charge in [0.15, 0.2) is 6.61 Å². The van der Waals surface area contributed by atoms with Crippen LogP contribution in [-0.4, -0.2) is 106 Å². The Morgan fingerprint density at radius 2 is 1.60 bits per heavy atom. The van der Waals surface area contributed by atoms with E-state index >= 15 is 0 Å². The van der Waals surface area contributed by atoms with Crippen LogP contribution in [0.4, 0.5) is 5.69 Å². The van der Waals surface area contributed by atoms with Gasteiger partial charge in [0, 0.05) is 50.1 Å². The normalized spacial score (nSPS) is 20.4. The molecule has 0 bridgehead atoms. The molecule has 2 atom stereocenters. The van der Waals surface area contributed by atoms with Gasteiger partial charge in [-0.15, -0.1) is 0 Å². The standard InChI is InChI=1S/C45H47N5O8/c1-45(37-25-33(52)10-15-38(37)46-42(45)30-6-8-32(51)9-7-30)26-29-4-11-34(12-5-29)57-23-3-2-18-48-19-21-49(22-20-48)41(54)28-58-35-13-14-36-31(24-35)27-50(44(36)56)39-16-17-40(53)47-43(39)55/h4-15,24-25,39,51-52H,2-3,16-23,26-28H2,1H3,(H,47,53,55). The van der Waals surface area contributed by atoms with Crippen molar-refractivity contribution in [2.45, 2.75) is 57.0 Å². The molecule has 2 unspecified atom stereocenters. The number of hydrogen-bond acceptors (Lipinski definition) is 10. The average molecular weight is 786 g/mol. The van der Waals surface area contributed by atoms with Crippen LogP contribution in [0, 0.1) is 0 Å². The van der Waals surface area contributed by atoms with Gasteiger partial charge < -0.3 is 29.5 Å². The molecule has 13 nitrogen and oxygen atoms in total. The summed E-state index contributed by atoms with van der Waals surface area (Å²) in [7, 11) is 0. The molecular weight excluding hydrogens is 739 g/mol. The maximum absolute atomic E-state index is 13.0. The van der Waals surface area contributed by atoms with Crippen LogP contribution in [0.3, 0.4) is 0 Å². The number of carbonyl (C=O) groups excluding carboxylic acids is 4. The van der Waals surface area contributed by atoms with E-state index in [1.807, 2.05) is 35.2 Å². The summed E-state index contributed by atoms with van der Waals surface area (Å²) in [4.78, 5) is 60.5. The van der Waals surface area contributed by atoms with Crippen LogP contribution < -0.4 is 14.8 Å². The van der Waals surface area contributed by atoms with E-state index in [2.05, 4.69) is 29.3 Å². The molecule has 4 aromatic carbocycles. The van der Waals surface area contributed by atoms with Gasteiger partial charge in [-0.3, -0.25) is 34.4 Å². The van der Waals surface area contributed by atoms with Crippen molar-refractivity contribution in [2.24, 2.45) is 4.99 Å². The van der Waals surface area contributed by atoms with E-state index in [1.165, 1.54) is 4.90 Å². The first kappa shape index (κ1) is 38.7. The molecule has 3 N–H and O–H groups in total. The summed E-state index contributed by atoms with van der Waals surface area (Å²) >= 11 is 0. The number of piperazine rings is 1. The first-order valence-electron chi connectivity index (χ1n) is 19.9. The molecule has 0 saturated carbocycles. The topological polar surface area (TPSA) is 161 Å². The molecule has 4 heterocycles. The third kappa shape index (κ3) is 8.12. The number of fused-ring (bicyclic) bond motifs is 2. The first-order valence-corrected chi connectivity index (χ1v) is 19.9. The van der Waals surface area contributed by atoms with E-state index in [4.69, 9.17) is 14.5 Å². The fourth-order valence-corrected chi connectivity index (χ4v) is 8.45. The molecule has 4 aliphatic heterocycles. The number of ether oxygens (including phenoxy) is 2. The number of hydrogen-bond donors (Lipinski definition) is 3. The molecule has 8 rings (SSSR count). The number of phenols is 2. The number of benzene rings is 4. The maximum Gasteiger partial charge on any atom is 0.260 e. The molecule has 0 aliphatic carbocycles. The second kappa shape index (κ2) is 16.3. The number of amides is 4. The Morgan fingerprint density at radius 3 is 2.36 bits per heavy atom. The van der Waals surface area contributed by atoms with E-state index in [9.17, 15) is 29.4 Å². The molecule has 300 valence electrons. The number of aliphatic imine (C=N–C) groups is 1. The van der Waals surface area contributed by atoms with Crippen LogP contribution in [-0.2, 0) is 32.8 Å². The van der Waals surface area contributed by atoms with Gasteiger partial charge in [0.05, 0.1) is 18.0 Å². The van der Waals surface area contributed by atoms with Crippen molar-refractivity contribution in [3.8, 4) is 23.0 Å². The molecule has 58 heavy (non-hydrogen) atoms. The quantitative estimate of drug-likeness (QED) is 0.127. The highest BCUT2D eigenvalue weighted by molar-refractivity contribution is 6.13. The van der Waals surface area contributed by atoms with Crippen molar-refractivity contribution >= 4 is 35.0 Å². The third-order valence-corrected chi connectivity index (χ3v) is 11.7. The van der Waals surface area contributed by atoms with E-state index in [-0.39, 0.29) is 48.8 Å². The summed E-state index contributed by atoms with van der Waals surface area (Å²) in [6.45, 7) is 6.63. The maximum atomic E-state index is 13.0. The van der Waals surface area contributed by atoms with Crippen LogP contribution in [0.2, 0.25) is 0 Å². The van der Waals surface area contributed by atoms with Crippen molar-refractivity contribution in [2.75, 3.05) is 45.9 Å². The molecule has 4 aromatic rings. The molecule has 0 spiro atoms. The predicted molar refractivity (Wildman–Crippen MR) is 216 cm³/mol. The van der Waals surface area contributed by atoms with Crippen LogP contribution >= 0.6 is 0 Å². The average Bonchev–Trinajstić information content (AvgIpc) is 3.69. The number of phenolic OH excluding ortho intramolecular Hbond substituents is 2. The third-order valence-electron chi connectivity index (χ3n) is 11.7. The van der Waals surface area contributed by atoms with Gasteiger partial charge in [-0.1, -0.05) is 12.1 Å². The molecule has 4 aliphatic rings. The lowest BCUT2D eigenvalue weighted by Gasteiger charge is -2.34. The predicted octanol–water partition coefficient (Wildman–Crippen LogP) is 4.88. The number of nitrogens with zero attached hydrogens (tertiary/aromatic N) is 4. The van der Waals surface area contributed by atoms with Gasteiger partial charge in [0.1, 0.15) is 29.0 Å². The summed E-state index contributed by atoms with van der Waals surface area (Å²) in [5.74, 6) is 0.584. The monoisotopic (exact) mass is 785 g/mol. The van der Waals surface area contributed by atoms with Crippen LogP contribution in [0.5, 0.6) is 23.0 Å². The van der Waals surface area contributed by atoms with Crippen molar-refractivity contribution in [1.29, 1.82) is 0 Å². The Hall–Kier alpha value is -6.21. The van der Waals surface area contributed by atoms with Crippen molar-refractivity contribution in [3.05, 3.63) is 113 Å². The summed E-state index contributed by atoms with van der Waals surface area (Å²) in [6, 6.07) is 24.9. The van der Waals surface area contributed by atoms with Crippen LogP contribution in [0.15, 0.2) is 89.9 Å². The Balaban J connectivity index is 0.745. The molecule has 4 amide bonds. The highest BCUT2D eigenvalue weighted by Gasteiger charge is 2.41. The minimum atomic E-state index is -0.681. The van der Waals surface area contributed by atoms with E-state index in [0.717, 1.165) is 71.9 Å². The molecule has 13 heteroatoms. The Labute approximate surface area is 336 Å². The number of nitrogens with one attached hydrogen (secondary N) is 1. The van der Waals surface area contributed by atoms with Gasteiger partial charge in [-0.2, -0.15) is 0 Å². The van der Waals surface area contributed by atoms with Gasteiger partial charge in [-0.25, -0.2) is 0 Å². The fraction of sp³-hybridized carbons (Fsp3) is 0.356. The molecular formula is C45H47N5O8. The van der Waals surface area contributed by atoms with E-state index in [0.29, 0.717) is 43.9 Å². The second-order valence-corrected chi connectivity index (χ2v) is 15.6. The first-order chi connectivity index (χ1) is 28.0. The lowest BCUT2D eigenvalue weighted by atomic mass is 9.73. The Bertz CT molecular complexity index is 2250. The number of aromatic hydroxyl groups is 2. The van der Waals surface area contributed by atoms with Crippen molar-refractivity contribution in [3.63, 3.8) is 0 Å². The molecule has 0 radical (unpaired) electrons.